The topological polar surface area (TPSA) is 107 Å². The van der Waals surface area contributed by atoms with Crippen molar-refractivity contribution < 1.29 is 9.59 Å². The molecule has 0 saturated heterocycles. The Bertz CT molecular complexity index is 1300. The zero-order valence-corrected chi connectivity index (χ0v) is 28.3. The van der Waals surface area contributed by atoms with Crippen molar-refractivity contribution in [3.8, 4) is 0 Å². The van der Waals surface area contributed by atoms with Crippen molar-refractivity contribution in [2.75, 3.05) is 23.7 Å². The minimum atomic E-state index is -0.241. The Balaban J connectivity index is 1.38. The fraction of sp³-hybridized carbons (Fsp3) is 0.529. The Hall–Kier alpha value is -3.10. The van der Waals surface area contributed by atoms with Gasteiger partial charge in [-0.1, -0.05) is 64.7 Å². The van der Waals surface area contributed by atoms with Crippen molar-refractivity contribution in [3.05, 3.63) is 58.6 Å². The summed E-state index contributed by atoms with van der Waals surface area (Å²) in [4.78, 5) is 25.3. The molecule has 2 atom stereocenters. The minimum absolute atomic E-state index is 0.0298. The lowest BCUT2D eigenvalue weighted by atomic mass is 9.63. The van der Waals surface area contributed by atoms with Crippen LogP contribution in [0.1, 0.15) is 80.1 Å². The Labute approximate surface area is 271 Å². The number of benzene rings is 2. The van der Waals surface area contributed by atoms with Crippen LogP contribution in [-0.4, -0.2) is 36.6 Å². The summed E-state index contributed by atoms with van der Waals surface area (Å²) < 4.78 is 0. The second kappa shape index (κ2) is 13.5. The second-order valence-electron chi connectivity index (χ2n) is 15.0. The molecule has 4 amide bonds. The van der Waals surface area contributed by atoms with E-state index in [1.54, 1.807) is 48.5 Å². The molecule has 238 valence electrons. The highest BCUT2D eigenvalue weighted by Crippen LogP contribution is 2.46. The Morgan fingerprint density at radius 1 is 0.614 bits per heavy atom. The molecule has 0 spiro atoms. The minimum Gasteiger partial charge on any atom is -0.337 e. The van der Waals surface area contributed by atoms with Crippen molar-refractivity contribution in [1.29, 1.82) is 0 Å². The van der Waals surface area contributed by atoms with Gasteiger partial charge in [0, 0.05) is 45.9 Å². The van der Waals surface area contributed by atoms with Crippen LogP contribution in [-0.2, 0) is 0 Å². The SMILES string of the molecule is CC1(C)C/C(=N/N=C2\CC(C)(C)CC(C)(CNC(=O)Nc3ccc(Cl)cc3)C2)CC(C)(CNC(=O)Nc2ccc(Cl)cc2)C1. The fourth-order valence-corrected chi connectivity index (χ4v) is 7.56. The lowest BCUT2D eigenvalue weighted by molar-refractivity contribution is 0.159. The molecule has 4 rings (SSSR count). The van der Waals surface area contributed by atoms with E-state index in [-0.39, 0.29) is 33.7 Å². The van der Waals surface area contributed by atoms with Crippen LogP contribution in [0.5, 0.6) is 0 Å². The molecule has 0 aliphatic heterocycles. The molecule has 2 saturated carbocycles. The van der Waals surface area contributed by atoms with Gasteiger partial charge < -0.3 is 21.3 Å². The Kier molecular flexibility index (Phi) is 10.4. The first-order valence-electron chi connectivity index (χ1n) is 15.2. The molecular formula is C34H46Cl2N6O2. The summed E-state index contributed by atoms with van der Waals surface area (Å²) in [6.45, 7) is 14.5. The van der Waals surface area contributed by atoms with Gasteiger partial charge in [-0.05, 0) is 109 Å². The molecule has 0 radical (unpaired) electrons. The number of anilines is 2. The van der Waals surface area contributed by atoms with E-state index in [4.69, 9.17) is 33.4 Å². The van der Waals surface area contributed by atoms with Gasteiger partial charge in [-0.2, -0.15) is 10.2 Å². The van der Waals surface area contributed by atoms with Crippen LogP contribution in [0.15, 0.2) is 58.7 Å². The number of halogens is 2. The molecule has 2 aliphatic carbocycles. The number of nitrogens with one attached hydrogen (secondary N) is 4. The third-order valence-electron chi connectivity index (χ3n) is 8.33. The summed E-state index contributed by atoms with van der Waals surface area (Å²) in [5.41, 5.74) is 3.25. The molecule has 4 N–H and O–H groups in total. The van der Waals surface area contributed by atoms with E-state index in [1.807, 2.05) is 0 Å². The average Bonchev–Trinajstić information content (AvgIpc) is 2.90. The number of rotatable bonds is 7. The van der Waals surface area contributed by atoms with Gasteiger partial charge in [0.05, 0.1) is 0 Å². The first-order chi connectivity index (χ1) is 20.5. The molecule has 0 aromatic heterocycles. The second-order valence-corrected chi connectivity index (χ2v) is 15.8. The number of urea groups is 2. The summed E-state index contributed by atoms with van der Waals surface area (Å²) in [6.07, 6.45) is 5.19. The van der Waals surface area contributed by atoms with E-state index in [0.29, 0.717) is 34.5 Å². The summed E-state index contributed by atoms with van der Waals surface area (Å²) in [6, 6.07) is 13.6. The summed E-state index contributed by atoms with van der Waals surface area (Å²) in [7, 11) is 0. The summed E-state index contributed by atoms with van der Waals surface area (Å²) in [5.74, 6) is 0. The number of hydrogen-bond acceptors (Lipinski definition) is 4. The van der Waals surface area contributed by atoms with Crippen molar-refractivity contribution in [1.82, 2.24) is 10.6 Å². The summed E-state index contributed by atoms with van der Waals surface area (Å²) in [5, 5.41) is 22.8. The van der Waals surface area contributed by atoms with Crippen LogP contribution < -0.4 is 21.3 Å². The van der Waals surface area contributed by atoms with Crippen LogP contribution in [0.25, 0.3) is 0 Å². The standard InChI is InChI=1S/C34H46Cl2N6O2/c1-31(2)15-27(17-33(5,19-31)21-37-29(43)39-25-11-7-23(35)8-12-25)41-42-28-16-32(3,4)20-34(6,18-28)22-38-30(44)40-26-13-9-24(36)10-14-26/h7-14H,15-22H2,1-6H3,(H2,37,39,43)(H2,38,40,44)/b41-27-,42-28+. The smallest absolute Gasteiger partial charge is 0.319 e. The van der Waals surface area contributed by atoms with Crippen molar-refractivity contribution in [3.63, 3.8) is 0 Å². The highest BCUT2D eigenvalue weighted by Gasteiger charge is 2.41. The Morgan fingerprint density at radius 2 is 0.955 bits per heavy atom. The molecule has 2 unspecified atom stereocenters. The molecule has 2 fully saturated rings. The van der Waals surface area contributed by atoms with E-state index in [1.165, 1.54) is 0 Å². The van der Waals surface area contributed by atoms with Gasteiger partial charge in [0.2, 0.25) is 0 Å². The normalized spacial score (nSPS) is 26.2. The first kappa shape index (κ1) is 33.8. The number of hydrogen-bond donors (Lipinski definition) is 4. The van der Waals surface area contributed by atoms with E-state index in [2.05, 4.69) is 62.8 Å². The average molecular weight is 642 g/mol. The van der Waals surface area contributed by atoms with E-state index in [9.17, 15) is 9.59 Å². The van der Waals surface area contributed by atoms with Gasteiger partial charge in [-0.3, -0.25) is 0 Å². The molecule has 0 bridgehead atoms. The predicted molar refractivity (Wildman–Crippen MR) is 183 cm³/mol. The lowest BCUT2D eigenvalue weighted by Crippen LogP contribution is -2.45. The van der Waals surface area contributed by atoms with Gasteiger partial charge in [0.15, 0.2) is 0 Å². The van der Waals surface area contributed by atoms with Gasteiger partial charge in [-0.25, -0.2) is 9.59 Å². The maximum absolute atomic E-state index is 12.6. The van der Waals surface area contributed by atoms with E-state index >= 15 is 0 Å². The molecule has 44 heavy (non-hydrogen) atoms. The molecule has 8 nitrogen and oxygen atoms in total. The highest BCUT2D eigenvalue weighted by atomic mass is 35.5. The maximum atomic E-state index is 12.6. The lowest BCUT2D eigenvalue weighted by Gasteiger charge is -2.44. The maximum Gasteiger partial charge on any atom is 0.319 e. The van der Waals surface area contributed by atoms with Crippen LogP contribution >= 0.6 is 23.2 Å². The van der Waals surface area contributed by atoms with E-state index < -0.39 is 0 Å². The molecule has 0 heterocycles. The number of carbonyl (C=O) groups is 2. The molecule has 10 heteroatoms. The fourth-order valence-electron chi connectivity index (χ4n) is 7.31. The largest absolute Gasteiger partial charge is 0.337 e. The van der Waals surface area contributed by atoms with Gasteiger partial charge in [-0.15, -0.1) is 0 Å². The van der Waals surface area contributed by atoms with Crippen LogP contribution in [0.2, 0.25) is 10.0 Å². The van der Waals surface area contributed by atoms with Crippen LogP contribution in [0.3, 0.4) is 0 Å². The van der Waals surface area contributed by atoms with Gasteiger partial charge >= 0.3 is 12.1 Å². The zero-order chi connectivity index (χ0) is 32.2. The monoisotopic (exact) mass is 640 g/mol. The van der Waals surface area contributed by atoms with Crippen molar-refractivity contribution in [2.24, 2.45) is 31.9 Å². The number of nitrogens with zero attached hydrogens (tertiary/aromatic N) is 2. The van der Waals surface area contributed by atoms with Crippen molar-refractivity contribution >= 4 is 58.1 Å². The van der Waals surface area contributed by atoms with Crippen LogP contribution in [0, 0.1) is 21.7 Å². The molecular weight excluding hydrogens is 595 g/mol. The molecule has 2 aromatic carbocycles. The third-order valence-corrected chi connectivity index (χ3v) is 8.83. The number of amides is 4. The van der Waals surface area contributed by atoms with E-state index in [0.717, 1.165) is 49.9 Å². The quantitative estimate of drug-likeness (QED) is 0.226. The van der Waals surface area contributed by atoms with Gasteiger partial charge in [0.1, 0.15) is 0 Å². The Morgan fingerprint density at radius 3 is 1.30 bits per heavy atom. The molecule has 2 aliphatic rings. The van der Waals surface area contributed by atoms with Crippen LogP contribution in [0.4, 0.5) is 21.0 Å². The predicted octanol–water partition coefficient (Wildman–Crippen LogP) is 9.17. The number of carbonyl (C=O) groups excluding carboxylic acids is 2. The highest BCUT2D eigenvalue weighted by molar-refractivity contribution is 6.31. The first-order valence-corrected chi connectivity index (χ1v) is 16.0. The van der Waals surface area contributed by atoms with Gasteiger partial charge in [0.25, 0.3) is 0 Å². The third kappa shape index (κ3) is 10.2. The zero-order valence-electron chi connectivity index (χ0n) is 26.7. The molecule has 2 aromatic rings. The van der Waals surface area contributed by atoms with Crippen molar-refractivity contribution in [2.45, 2.75) is 80.1 Å². The summed E-state index contributed by atoms with van der Waals surface area (Å²) >= 11 is 11.9.